The zero-order chi connectivity index (χ0) is 18.4. The summed E-state index contributed by atoms with van der Waals surface area (Å²) < 4.78 is 2.10. The fraction of sp³-hybridized carbons (Fsp3) is 0.316. The summed E-state index contributed by atoms with van der Waals surface area (Å²) in [4.78, 5) is 24.9. The highest BCUT2D eigenvalue weighted by atomic mass is 32.2. The summed E-state index contributed by atoms with van der Waals surface area (Å²) >= 11 is 2.63. The van der Waals surface area contributed by atoms with Crippen molar-refractivity contribution in [1.82, 2.24) is 9.88 Å². The molecule has 0 atom stereocenters. The van der Waals surface area contributed by atoms with Crippen molar-refractivity contribution in [2.75, 3.05) is 0 Å². The van der Waals surface area contributed by atoms with Gasteiger partial charge in [0.2, 0.25) is 0 Å². The lowest BCUT2D eigenvalue weighted by Gasteiger charge is -2.10. The molecule has 0 aromatic carbocycles. The van der Waals surface area contributed by atoms with Crippen LogP contribution in [-0.4, -0.2) is 15.7 Å². The third-order valence-electron chi connectivity index (χ3n) is 4.87. The molecule has 3 heterocycles. The molecular weight excluding hydrogens is 366 g/mol. The average molecular weight is 383 g/mol. The van der Waals surface area contributed by atoms with E-state index in [2.05, 4.69) is 16.0 Å². The van der Waals surface area contributed by atoms with Crippen LogP contribution >= 0.6 is 23.1 Å². The van der Waals surface area contributed by atoms with E-state index in [-0.39, 0.29) is 11.1 Å². The summed E-state index contributed by atoms with van der Waals surface area (Å²) in [6, 6.07) is 4.41. The van der Waals surface area contributed by atoms with E-state index in [1.54, 1.807) is 17.4 Å². The lowest BCUT2D eigenvalue weighted by Crippen LogP contribution is -2.17. The minimum Gasteiger partial charge on any atom is -0.308 e. The number of thioether (sulfide) groups is 1. The lowest BCUT2D eigenvalue weighted by atomic mass is 9.96. The van der Waals surface area contributed by atoms with Gasteiger partial charge in [-0.05, 0) is 74.6 Å². The summed E-state index contributed by atoms with van der Waals surface area (Å²) in [6.07, 6.45) is 6.09. The molecule has 0 bridgehead atoms. The van der Waals surface area contributed by atoms with E-state index < -0.39 is 0 Å². The summed E-state index contributed by atoms with van der Waals surface area (Å²) in [5.74, 6) is -0.353. The molecule has 26 heavy (non-hydrogen) atoms. The maximum atomic E-state index is 11.8. The molecule has 0 unspecified atom stereocenters. The van der Waals surface area contributed by atoms with E-state index in [4.69, 9.17) is 0 Å². The summed E-state index contributed by atoms with van der Waals surface area (Å²) in [5, 5.41) is 12.7. The molecule has 4 rings (SSSR count). The van der Waals surface area contributed by atoms with Gasteiger partial charge >= 0.3 is 0 Å². The van der Waals surface area contributed by atoms with Crippen molar-refractivity contribution < 1.29 is 9.59 Å². The number of nitrogens with one attached hydrogen (secondary N) is 1. The number of fused-ring (bicyclic) bond motifs is 1. The number of thiophene rings is 1. The van der Waals surface area contributed by atoms with Crippen LogP contribution in [0, 0.1) is 25.2 Å². The fourth-order valence-electron chi connectivity index (χ4n) is 3.63. The first-order valence-electron chi connectivity index (χ1n) is 8.48. The Morgan fingerprint density at radius 1 is 1.27 bits per heavy atom. The quantitative estimate of drug-likeness (QED) is 0.788. The van der Waals surface area contributed by atoms with Crippen molar-refractivity contribution in [3.63, 3.8) is 0 Å². The number of aryl methyl sites for hydroxylation is 2. The molecule has 1 aliphatic heterocycles. The molecule has 1 aliphatic carbocycles. The van der Waals surface area contributed by atoms with E-state index in [0.717, 1.165) is 58.5 Å². The Hall–Kier alpha value is -2.30. The van der Waals surface area contributed by atoms with Crippen LogP contribution < -0.4 is 5.32 Å². The second-order valence-electron chi connectivity index (χ2n) is 6.52. The first kappa shape index (κ1) is 17.1. The molecule has 0 radical (unpaired) electrons. The SMILES string of the molecule is Cc1cc(/C=C2/SC(=O)NC2=O)c(C)n1-c1sc2c(c1C#N)CCCC2. The molecule has 2 aliphatic rings. The van der Waals surface area contributed by atoms with Crippen molar-refractivity contribution in [3.05, 3.63) is 43.9 Å². The molecule has 7 heteroatoms. The van der Waals surface area contributed by atoms with Crippen molar-refractivity contribution in [2.24, 2.45) is 0 Å². The average Bonchev–Trinajstić information content (AvgIpc) is 3.21. The molecular formula is C19H17N3O2S2. The molecule has 2 aromatic rings. The molecule has 2 aromatic heterocycles. The number of hydrogen-bond donors (Lipinski definition) is 1. The zero-order valence-electron chi connectivity index (χ0n) is 14.5. The van der Waals surface area contributed by atoms with E-state index in [1.165, 1.54) is 16.9 Å². The van der Waals surface area contributed by atoms with Gasteiger partial charge in [-0.15, -0.1) is 11.3 Å². The van der Waals surface area contributed by atoms with Crippen LogP contribution in [-0.2, 0) is 17.6 Å². The Balaban J connectivity index is 1.83. The van der Waals surface area contributed by atoms with Crippen molar-refractivity contribution in [2.45, 2.75) is 39.5 Å². The van der Waals surface area contributed by atoms with E-state index in [0.29, 0.717) is 4.91 Å². The number of carbonyl (C=O) groups excluding carboxylic acids is 2. The highest BCUT2D eigenvalue weighted by Crippen LogP contribution is 2.38. The van der Waals surface area contributed by atoms with E-state index in [9.17, 15) is 14.9 Å². The highest BCUT2D eigenvalue weighted by Gasteiger charge is 2.27. The molecule has 2 amide bonds. The van der Waals surface area contributed by atoms with Gasteiger partial charge in [0.1, 0.15) is 11.1 Å². The van der Waals surface area contributed by atoms with Gasteiger partial charge in [0.25, 0.3) is 11.1 Å². The van der Waals surface area contributed by atoms with Gasteiger partial charge in [-0.3, -0.25) is 14.9 Å². The summed E-state index contributed by atoms with van der Waals surface area (Å²) in [7, 11) is 0. The Kier molecular flexibility index (Phi) is 4.25. The second kappa shape index (κ2) is 6.45. The summed E-state index contributed by atoms with van der Waals surface area (Å²) in [5.41, 5.74) is 4.87. The topological polar surface area (TPSA) is 74.9 Å². The summed E-state index contributed by atoms with van der Waals surface area (Å²) in [6.45, 7) is 3.99. The normalized spacial score (nSPS) is 18.1. The van der Waals surface area contributed by atoms with Crippen molar-refractivity contribution >= 4 is 40.3 Å². The maximum Gasteiger partial charge on any atom is 0.290 e. The third kappa shape index (κ3) is 2.70. The van der Waals surface area contributed by atoms with Gasteiger partial charge in [-0.2, -0.15) is 5.26 Å². The minimum absolute atomic E-state index is 0.340. The number of hydrogen-bond acceptors (Lipinski definition) is 5. The van der Waals surface area contributed by atoms with Crippen LogP contribution in [0.5, 0.6) is 0 Å². The van der Waals surface area contributed by atoms with Crippen LogP contribution in [0.2, 0.25) is 0 Å². The molecule has 1 N–H and O–H groups in total. The van der Waals surface area contributed by atoms with Crippen LogP contribution in [0.1, 0.15) is 45.8 Å². The van der Waals surface area contributed by atoms with Crippen LogP contribution in [0.4, 0.5) is 4.79 Å². The first-order chi connectivity index (χ1) is 12.5. The first-order valence-corrected chi connectivity index (χ1v) is 10.1. The zero-order valence-corrected chi connectivity index (χ0v) is 16.1. The Labute approximate surface area is 159 Å². The molecule has 1 fully saturated rings. The van der Waals surface area contributed by atoms with Crippen molar-refractivity contribution in [3.8, 4) is 11.1 Å². The van der Waals surface area contributed by atoms with E-state index >= 15 is 0 Å². The minimum atomic E-state index is -0.353. The number of nitriles is 1. The number of rotatable bonds is 2. The molecule has 132 valence electrons. The number of carbonyl (C=O) groups is 2. The molecule has 0 spiro atoms. The predicted octanol–water partition coefficient (Wildman–Crippen LogP) is 4.23. The Morgan fingerprint density at radius 3 is 2.73 bits per heavy atom. The number of nitrogens with zero attached hydrogens (tertiary/aromatic N) is 2. The fourth-order valence-corrected chi connectivity index (χ4v) is 5.76. The Morgan fingerprint density at radius 2 is 2.04 bits per heavy atom. The number of aromatic nitrogens is 1. The predicted molar refractivity (Wildman–Crippen MR) is 104 cm³/mol. The molecule has 5 nitrogen and oxygen atoms in total. The van der Waals surface area contributed by atoms with Gasteiger partial charge in [0, 0.05) is 16.3 Å². The number of imide groups is 1. The van der Waals surface area contributed by atoms with Crippen LogP contribution in [0.15, 0.2) is 11.0 Å². The van der Waals surface area contributed by atoms with Crippen LogP contribution in [0.25, 0.3) is 11.1 Å². The third-order valence-corrected chi connectivity index (χ3v) is 6.95. The molecule has 1 saturated heterocycles. The largest absolute Gasteiger partial charge is 0.308 e. The number of amides is 2. The van der Waals surface area contributed by atoms with E-state index in [1.807, 2.05) is 19.9 Å². The molecule has 0 saturated carbocycles. The van der Waals surface area contributed by atoms with Gasteiger partial charge in [0.05, 0.1) is 10.5 Å². The van der Waals surface area contributed by atoms with Crippen molar-refractivity contribution in [1.29, 1.82) is 5.26 Å². The maximum absolute atomic E-state index is 11.8. The second-order valence-corrected chi connectivity index (χ2v) is 8.62. The van der Waals surface area contributed by atoms with Gasteiger partial charge < -0.3 is 4.57 Å². The Bertz CT molecular complexity index is 1020. The van der Waals surface area contributed by atoms with Gasteiger partial charge in [0.15, 0.2) is 0 Å². The monoisotopic (exact) mass is 383 g/mol. The highest BCUT2D eigenvalue weighted by molar-refractivity contribution is 8.18. The standard InChI is InChI=1S/C19H17N3O2S2/c1-10-7-12(8-16-17(23)21-19(24)26-16)11(2)22(10)18-14(9-20)13-5-3-4-6-15(13)25-18/h7-8H,3-6H2,1-2H3,(H,21,23,24)/b16-8+. The van der Waals surface area contributed by atoms with Gasteiger partial charge in [-0.25, -0.2) is 0 Å². The smallest absolute Gasteiger partial charge is 0.290 e. The lowest BCUT2D eigenvalue weighted by molar-refractivity contribution is -0.115. The van der Waals surface area contributed by atoms with Crippen LogP contribution in [0.3, 0.4) is 0 Å². The van der Waals surface area contributed by atoms with Gasteiger partial charge in [-0.1, -0.05) is 0 Å².